The molecular weight excluding hydrogens is 252 g/mol. The minimum absolute atomic E-state index is 0.142. The maximum Gasteiger partial charge on any atom is 0.240 e. The van der Waals surface area contributed by atoms with Gasteiger partial charge in [-0.3, -0.25) is 0 Å². The standard InChI is InChI=1S/C12H18N2O3S/c1-9-8-17-7-6-10(9)14-11-4-2-3-5-12(11)18(13,15)16/h2-5,9-10,14H,6-8H2,1H3,(H2,13,15,16). The molecule has 1 fully saturated rings. The number of hydrogen-bond donors (Lipinski definition) is 2. The second-order valence-corrected chi connectivity index (χ2v) is 6.16. The Morgan fingerprint density at radius 3 is 2.78 bits per heavy atom. The third kappa shape index (κ3) is 3.01. The molecule has 0 amide bonds. The summed E-state index contributed by atoms with van der Waals surface area (Å²) in [6.45, 7) is 3.46. The first-order valence-corrected chi connectivity index (χ1v) is 7.49. The van der Waals surface area contributed by atoms with Crippen LogP contribution in [0.1, 0.15) is 13.3 Å². The van der Waals surface area contributed by atoms with E-state index in [1.54, 1.807) is 18.2 Å². The maximum absolute atomic E-state index is 11.5. The second-order valence-electron chi connectivity index (χ2n) is 4.63. The predicted octanol–water partition coefficient (Wildman–Crippen LogP) is 1.17. The third-order valence-corrected chi connectivity index (χ3v) is 4.14. The minimum atomic E-state index is -3.70. The quantitative estimate of drug-likeness (QED) is 0.864. The number of para-hydroxylation sites is 1. The van der Waals surface area contributed by atoms with E-state index in [0.29, 0.717) is 24.8 Å². The number of nitrogens with two attached hydrogens (primary N) is 1. The normalized spacial score (nSPS) is 24.8. The van der Waals surface area contributed by atoms with Crippen molar-refractivity contribution < 1.29 is 13.2 Å². The van der Waals surface area contributed by atoms with Gasteiger partial charge in [0.1, 0.15) is 4.90 Å². The average Bonchev–Trinajstić information content (AvgIpc) is 2.31. The van der Waals surface area contributed by atoms with Crippen molar-refractivity contribution in [3.8, 4) is 0 Å². The summed E-state index contributed by atoms with van der Waals surface area (Å²) < 4.78 is 28.3. The van der Waals surface area contributed by atoms with Gasteiger partial charge in [-0.25, -0.2) is 13.6 Å². The molecule has 1 aromatic rings. The molecule has 1 aromatic carbocycles. The zero-order chi connectivity index (χ0) is 13.2. The number of benzene rings is 1. The van der Waals surface area contributed by atoms with E-state index < -0.39 is 10.0 Å². The highest BCUT2D eigenvalue weighted by atomic mass is 32.2. The van der Waals surface area contributed by atoms with Crippen molar-refractivity contribution in [1.29, 1.82) is 0 Å². The number of anilines is 1. The molecule has 2 unspecified atom stereocenters. The Hall–Kier alpha value is -1.11. The van der Waals surface area contributed by atoms with Gasteiger partial charge in [-0.1, -0.05) is 19.1 Å². The van der Waals surface area contributed by atoms with Crippen LogP contribution < -0.4 is 10.5 Å². The molecule has 3 N–H and O–H groups in total. The number of nitrogens with one attached hydrogen (secondary N) is 1. The highest BCUT2D eigenvalue weighted by molar-refractivity contribution is 7.89. The molecule has 100 valence electrons. The average molecular weight is 270 g/mol. The summed E-state index contributed by atoms with van der Waals surface area (Å²) in [5.41, 5.74) is 0.568. The first-order chi connectivity index (χ1) is 8.48. The molecule has 5 nitrogen and oxygen atoms in total. The molecule has 18 heavy (non-hydrogen) atoms. The van der Waals surface area contributed by atoms with Gasteiger partial charge in [-0.15, -0.1) is 0 Å². The number of ether oxygens (including phenoxy) is 1. The van der Waals surface area contributed by atoms with Gasteiger partial charge in [0, 0.05) is 12.6 Å². The number of primary sulfonamides is 1. The van der Waals surface area contributed by atoms with Crippen molar-refractivity contribution in [1.82, 2.24) is 0 Å². The lowest BCUT2D eigenvalue weighted by atomic mass is 9.97. The van der Waals surface area contributed by atoms with Crippen LogP contribution >= 0.6 is 0 Å². The predicted molar refractivity (Wildman–Crippen MR) is 69.8 cm³/mol. The summed E-state index contributed by atoms with van der Waals surface area (Å²) in [6, 6.07) is 6.92. The first-order valence-electron chi connectivity index (χ1n) is 5.94. The summed E-state index contributed by atoms with van der Waals surface area (Å²) in [7, 11) is -3.70. The Labute approximate surface area is 107 Å². The van der Waals surface area contributed by atoms with E-state index in [1.165, 1.54) is 6.07 Å². The Morgan fingerprint density at radius 1 is 1.39 bits per heavy atom. The summed E-state index contributed by atoms with van der Waals surface area (Å²) >= 11 is 0. The fourth-order valence-corrected chi connectivity index (χ4v) is 2.83. The van der Waals surface area contributed by atoms with E-state index in [2.05, 4.69) is 12.2 Å². The van der Waals surface area contributed by atoms with Crippen LogP contribution in [0.2, 0.25) is 0 Å². The molecule has 2 rings (SSSR count). The smallest absolute Gasteiger partial charge is 0.240 e. The highest BCUT2D eigenvalue weighted by Crippen LogP contribution is 2.24. The van der Waals surface area contributed by atoms with E-state index >= 15 is 0 Å². The molecule has 2 atom stereocenters. The zero-order valence-electron chi connectivity index (χ0n) is 10.3. The Kier molecular flexibility index (Phi) is 3.89. The van der Waals surface area contributed by atoms with E-state index in [4.69, 9.17) is 9.88 Å². The summed E-state index contributed by atoms with van der Waals surface area (Å²) in [4.78, 5) is 0.142. The third-order valence-electron chi connectivity index (χ3n) is 3.18. The van der Waals surface area contributed by atoms with Gasteiger partial charge in [0.05, 0.1) is 12.3 Å². The van der Waals surface area contributed by atoms with E-state index in [-0.39, 0.29) is 10.9 Å². The van der Waals surface area contributed by atoms with Gasteiger partial charge in [-0.2, -0.15) is 0 Å². The van der Waals surface area contributed by atoms with Crippen LogP contribution in [-0.4, -0.2) is 27.7 Å². The Balaban J connectivity index is 2.24. The molecule has 1 aliphatic heterocycles. The SMILES string of the molecule is CC1COCCC1Nc1ccccc1S(N)(=O)=O. The highest BCUT2D eigenvalue weighted by Gasteiger charge is 2.23. The molecule has 0 bridgehead atoms. The van der Waals surface area contributed by atoms with Crippen LogP contribution in [0, 0.1) is 5.92 Å². The molecule has 0 aromatic heterocycles. The summed E-state index contributed by atoms with van der Waals surface area (Å²) in [5.74, 6) is 0.340. The lowest BCUT2D eigenvalue weighted by molar-refractivity contribution is 0.0537. The van der Waals surface area contributed by atoms with Crippen LogP contribution in [0.3, 0.4) is 0 Å². The van der Waals surface area contributed by atoms with Crippen LogP contribution in [0.4, 0.5) is 5.69 Å². The van der Waals surface area contributed by atoms with Crippen molar-refractivity contribution in [2.24, 2.45) is 11.1 Å². The monoisotopic (exact) mass is 270 g/mol. The van der Waals surface area contributed by atoms with Gasteiger partial charge >= 0.3 is 0 Å². The van der Waals surface area contributed by atoms with Gasteiger partial charge in [-0.05, 0) is 24.5 Å². The minimum Gasteiger partial charge on any atom is -0.381 e. The molecule has 1 saturated heterocycles. The largest absolute Gasteiger partial charge is 0.381 e. The molecule has 6 heteroatoms. The Bertz CT molecular complexity index is 516. The van der Waals surface area contributed by atoms with E-state index in [1.807, 2.05) is 0 Å². The van der Waals surface area contributed by atoms with Crippen molar-refractivity contribution in [3.05, 3.63) is 24.3 Å². The number of rotatable bonds is 3. The second kappa shape index (κ2) is 5.26. The molecule has 1 heterocycles. The summed E-state index contributed by atoms with van der Waals surface area (Å²) in [5, 5.41) is 8.47. The van der Waals surface area contributed by atoms with Crippen molar-refractivity contribution in [3.63, 3.8) is 0 Å². The maximum atomic E-state index is 11.5. The number of hydrogen-bond acceptors (Lipinski definition) is 4. The van der Waals surface area contributed by atoms with E-state index in [9.17, 15) is 8.42 Å². The lowest BCUT2D eigenvalue weighted by Gasteiger charge is -2.30. The summed E-state index contributed by atoms with van der Waals surface area (Å²) in [6.07, 6.45) is 0.861. The topological polar surface area (TPSA) is 81.4 Å². The van der Waals surface area contributed by atoms with Gasteiger partial charge in [0.25, 0.3) is 0 Å². The van der Waals surface area contributed by atoms with Crippen molar-refractivity contribution >= 4 is 15.7 Å². The van der Waals surface area contributed by atoms with Gasteiger partial charge in [0.15, 0.2) is 0 Å². The molecule has 0 radical (unpaired) electrons. The van der Waals surface area contributed by atoms with Crippen molar-refractivity contribution in [2.75, 3.05) is 18.5 Å². The molecule has 0 aliphatic carbocycles. The number of sulfonamides is 1. The fraction of sp³-hybridized carbons (Fsp3) is 0.500. The first kappa shape index (κ1) is 13.3. The van der Waals surface area contributed by atoms with Gasteiger partial charge in [0.2, 0.25) is 10.0 Å². The molecule has 1 aliphatic rings. The van der Waals surface area contributed by atoms with Gasteiger partial charge < -0.3 is 10.1 Å². The van der Waals surface area contributed by atoms with Crippen LogP contribution in [-0.2, 0) is 14.8 Å². The molecule has 0 spiro atoms. The fourth-order valence-electron chi connectivity index (χ4n) is 2.13. The zero-order valence-corrected chi connectivity index (χ0v) is 11.1. The van der Waals surface area contributed by atoms with E-state index in [0.717, 1.165) is 6.42 Å². The lowest BCUT2D eigenvalue weighted by Crippen LogP contribution is -2.36. The van der Waals surface area contributed by atoms with Crippen LogP contribution in [0.25, 0.3) is 0 Å². The Morgan fingerprint density at radius 2 is 2.11 bits per heavy atom. The molecule has 0 saturated carbocycles. The molecular formula is C12H18N2O3S. The van der Waals surface area contributed by atoms with Crippen LogP contribution in [0.5, 0.6) is 0 Å². The van der Waals surface area contributed by atoms with Crippen LogP contribution in [0.15, 0.2) is 29.2 Å². The van der Waals surface area contributed by atoms with Crippen molar-refractivity contribution in [2.45, 2.75) is 24.3 Å².